The van der Waals surface area contributed by atoms with Gasteiger partial charge < -0.3 is 19.3 Å². The summed E-state index contributed by atoms with van der Waals surface area (Å²) in [4.78, 5) is 37.5. The maximum absolute atomic E-state index is 13.2. The van der Waals surface area contributed by atoms with Gasteiger partial charge in [0.1, 0.15) is 17.4 Å². The number of anilines is 1. The van der Waals surface area contributed by atoms with E-state index in [-0.39, 0.29) is 11.6 Å². The third kappa shape index (κ3) is 4.85. The zero-order chi connectivity index (χ0) is 25.1. The molecule has 2 aliphatic rings. The van der Waals surface area contributed by atoms with Gasteiger partial charge in [0.15, 0.2) is 0 Å². The quantitative estimate of drug-likeness (QED) is 0.384. The third-order valence-electron chi connectivity index (χ3n) is 6.55. The molecule has 10 nitrogen and oxygen atoms in total. The van der Waals surface area contributed by atoms with Crippen LogP contribution < -0.4 is 9.64 Å². The average Bonchev–Trinajstić information content (AvgIpc) is 2.93. The number of aromatic nitrogens is 2. The molecular weight excluding hydrogens is 462 g/mol. The lowest BCUT2D eigenvalue weighted by molar-refractivity contribution is -0.384. The maximum Gasteiger partial charge on any atom is 0.269 e. The highest BCUT2D eigenvalue weighted by atomic mass is 16.6. The second kappa shape index (κ2) is 10.3. The van der Waals surface area contributed by atoms with E-state index in [1.165, 1.54) is 24.3 Å². The standard InChI is InChI=1S/C26H27N5O5/c1-35-23-5-3-2-4-19(23)16-24-27-22-10-11-30(26(32)18-6-8-20(9-7-18)31(33)34)17-21(22)25(28-24)29-12-14-36-15-13-29/h2-9H,10-17H2,1H3. The number of ether oxygens (including phenoxy) is 2. The molecule has 2 aromatic carbocycles. The third-order valence-corrected chi connectivity index (χ3v) is 6.55. The molecule has 0 bridgehead atoms. The molecule has 3 heterocycles. The fourth-order valence-electron chi connectivity index (χ4n) is 4.66. The van der Waals surface area contributed by atoms with Crippen molar-refractivity contribution < 1.29 is 19.2 Å². The van der Waals surface area contributed by atoms with Crippen molar-refractivity contribution in [2.75, 3.05) is 44.9 Å². The highest BCUT2D eigenvalue weighted by Crippen LogP contribution is 2.30. The molecule has 1 fully saturated rings. The second-order valence-electron chi connectivity index (χ2n) is 8.76. The molecule has 5 rings (SSSR count). The number of methoxy groups -OCH3 is 1. The number of non-ortho nitro benzene ring substituents is 1. The van der Waals surface area contributed by atoms with Gasteiger partial charge in [0.2, 0.25) is 0 Å². The predicted molar refractivity (Wildman–Crippen MR) is 132 cm³/mol. The molecule has 36 heavy (non-hydrogen) atoms. The van der Waals surface area contributed by atoms with Crippen LogP contribution in [0.2, 0.25) is 0 Å². The number of nitro groups is 1. The number of rotatable bonds is 6. The number of nitro benzene ring substituents is 1. The predicted octanol–water partition coefficient (Wildman–Crippen LogP) is 3.02. The number of carbonyl (C=O) groups is 1. The minimum Gasteiger partial charge on any atom is -0.496 e. The van der Waals surface area contributed by atoms with Crippen molar-refractivity contribution in [3.05, 3.63) is 86.9 Å². The molecule has 0 atom stereocenters. The van der Waals surface area contributed by atoms with Crippen LogP contribution in [0.25, 0.3) is 0 Å². The molecule has 10 heteroatoms. The van der Waals surface area contributed by atoms with Crippen LogP contribution in [0, 0.1) is 10.1 Å². The van der Waals surface area contributed by atoms with Crippen LogP contribution in [0.3, 0.4) is 0 Å². The summed E-state index contributed by atoms with van der Waals surface area (Å²) in [5, 5.41) is 11.0. The molecular formula is C26H27N5O5. The number of para-hydroxylation sites is 1. The van der Waals surface area contributed by atoms with E-state index in [4.69, 9.17) is 19.4 Å². The molecule has 0 aliphatic carbocycles. The fourth-order valence-corrected chi connectivity index (χ4v) is 4.66. The zero-order valence-electron chi connectivity index (χ0n) is 20.1. The second-order valence-corrected chi connectivity index (χ2v) is 8.76. The summed E-state index contributed by atoms with van der Waals surface area (Å²) in [5.74, 6) is 2.19. The first-order chi connectivity index (χ1) is 17.5. The lowest BCUT2D eigenvalue weighted by Gasteiger charge is -2.34. The first-order valence-electron chi connectivity index (χ1n) is 11.9. The highest BCUT2D eigenvalue weighted by Gasteiger charge is 2.29. The topological polar surface area (TPSA) is 111 Å². The van der Waals surface area contributed by atoms with E-state index in [0.717, 1.165) is 34.2 Å². The van der Waals surface area contributed by atoms with Crippen molar-refractivity contribution >= 4 is 17.4 Å². The Labute approximate surface area is 208 Å². The number of fused-ring (bicyclic) bond motifs is 1. The van der Waals surface area contributed by atoms with Gasteiger partial charge in [0.05, 0.1) is 37.5 Å². The highest BCUT2D eigenvalue weighted by molar-refractivity contribution is 5.94. The van der Waals surface area contributed by atoms with Crippen LogP contribution in [0.15, 0.2) is 48.5 Å². The van der Waals surface area contributed by atoms with Gasteiger partial charge in [-0.05, 0) is 18.2 Å². The molecule has 0 N–H and O–H groups in total. The number of carbonyl (C=O) groups excluding carboxylic acids is 1. The fraction of sp³-hybridized carbons (Fsp3) is 0.346. The molecule has 0 saturated carbocycles. The molecule has 0 spiro atoms. The van der Waals surface area contributed by atoms with Gasteiger partial charge in [-0.2, -0.15) is 0 Å². The SMILES string of the molecule is COc1ccccc1Cc1nc2c(c(N3CCOCC3)n1)CN(C(=O)c1ccc([N+](=O)[O-])cc1)CC2. The van der Waals surface area contributed by atoms with E-state index in [9.17, 15) is 14.9 Å². The Morgan fingerprint density at radius 2 is 1.83 bits per heavy atom. The van der Waals surface area contributed by atoms with Gasteiger partial charge in [-0.1, -0.05) is 18.2 Å². The zero-order valence-corrected chi connectivity index (χ0v) is 20.1. The lowest BCUT2D eigenvalue weighted by atomic mass is 10.0. The summed E-state index contributed by atoms with van der Waals surface area (Å²) in [6, 6.07) is 13.6. The molecule has 186 valence electrons. The molecule has 1 amide bonds. The van der Waals surface area contributed by atoms with Crippen molar-refractivity contribution in [2.24, 2.45) is 0 Å². The van der Waals surface area contributed by atoms with Crippen LogP contribution in [0.5, 0.6) is 5.75 Å². The van der Waals surface area contributed by atoms with E-state index in [0.29, 0.717) is 57.8 Å². The number of nitrogens with zero attached hydrogens (tertiary/aromatic N) is 5. The van der Waals surface area contributed by atoms with Crippen LogP contribution >= 0.6 is 0 Å². The summed E-state index contributed by atoms with van der Waals surface area (Å²) in [6.45, 7) is 3.56. The van der Waals surface area contributed by atoms with Crippen molar-refractivity contribution in [1.82, 2.24) is 14.9 Å². The van der Waals surface area contributed by atoms with Crippen LogP contribution in [0.1, 0.15) is 33.0 Å². The Morgan fingerprint density at radius 3 is 2.56 bits per heavy atom. The Morgan fingerprint density at radius 1 is 1.08 bits per heavy atom. The average molecular weight is 490 g/mol. The number of morpholine rings is 1. The summed E-state index contributed by atoms with van der Waals surface area (Å²) in [7, 11) is 1.66. The minimum atomic E-state index is -0.472. The monoisotopic (exact) mass is 489 g/mol. The Balaban J connectivity index is 1.45. The van der Waals surface area contributed by atoms with Gasteiger partial charge in [0.25, 0.3) is 11.6 Å². The summed E-state index contributed by atoms with van der Waals surface area (Å²) in [5.41, 5.74) is 3.29. The Bertz CT molecular complexity index is 1270. The van der Waals surface area contributed by atoms with Crippen molar-refractivity contribution in [2.45, 2.75) is 19.4 Å². The van der Waals surface area contributed by atoms with Crippen LogP contribution in [0.4, 0.5) is 11.5 Å². The number of hydrogen-bond donors (Lipinski definition) is 0. The molecule has 0 radical (unpaired) electrons. The van der Waals surface area contributed by atoms with Crippen molar-refractivity contribution in [1.29, 1.82) is 0 Å². The number of amides is 1. The van der Waals surface area contributed by atoms with Gasteiger partial charge in [-0.3, -0.25) is 14.9 Å². The van der Waals surface area contributed by atoms with E-state index in [1.54, 1.807) is 12.0 Å². The van der Waals surface area contributed by atoms with E-state index in [2.05, 4.69) is 4.90 Å². The smallest absolute Gasteiger partial charge is 0.269 e. The first kappa shape index (κ1) is 23.7. The van der Waals surface area contributed by atoms with Gasteiger partial charge in [-0.25, -0.2) is 9.97 Å². The molecule has 0 unspecified atom stereocenters. The normalized spacial score (nSPS) is 15.4. The summed E-state index contributed by atoms with van der Waals surface area (Å²) in [6.07, 6.45) is 1.15. The van der Waals surface area contributed by atoms with Gasteiger partial charge >= 0.3 is 0 Å². The minimum absolute atomic E-state index is 0.0406. The van der Waals surface area contributed by atoms with E-state index >= 15 is 0 Å². The van der Waals surface area contributed by atoms with Crippen molar-refractivity contribution in [3.8, 4) is 5.75 Å². The number of hydrogen-bond acceptors (Lipinski definition) is 8. The lowest BCUT2D eigenvalue weighted by Crippen LogP contribution is -2.41. The number of benzene rings is 2. The molecule has 1 saturated heterocycles. The Kier molecular flexibility index (Phi) is 6.77. The van der Waals surface area contributed by atoms with Crippen molar-refractivity contribution in [3.63, 3.8) is 0 Å². The summed E-state index contributed by atoms with van der Waals surface area (Å²) >= 11 is 0. The molecule has 2 aliphatic heterocycles. The molecule has 3 aromatic rings. The maximum atomic E-state index is 13.2. The molecule has 1 aromatic heterocycles. The summed E-state index contributed by atoms with van der Waals surface area (Å²) < 4.78 is 11.1. The van der Waals surface area contributed by atoms with Crippen LogP contribution in [-0.4, -0.2) is 65.7 Å². The van der Waals surface area contributed by atoms with E-state index < -0.39 is 4.92 Å². The first-order valence-corrected chi connectivity index (χ1v) is 11.9. The van der Waals surface area contributed by atoms with Crippen LogP contribution in [-0.2, 0) is 24.1 Å². The van der Waals surface area contributed by atoms with E-state index in [1.807, 2.05) is 24.3 Å². The largest absolute Gasteiger partial charge is 0.496 e. The van der Waals surface area contributed by atoms with Gasteiger partial charge in [0, 0.05) is 61.3 Å². The van der Waals surface area contributed by atoms with Gasteiger partial charge in [-0.15, -0.1) is 0 Å². The Hall–Kier alpha value is -4.05.